The van der Waals surface area contributed by atoms with Gasteiger partial charge in [-0.05, 0) is 12.1 Å². The van der Waals surface area contributed by atoms with E-state index in [4.69, 9.17) is 5.11 Å². The Hall–Kier alpha value is -2.11. The molecule has 1 rings (SSSR count). The number of phenolic OH excluding ortho intramolecular Hbond substituents is 1. The van der Waals surface area contributed by atoms with Gasteiger partial charge in [0.15, 0.2) is 0 Å². The summed E-state index contributed by atoms with van der Waals surface area (Å²) >= 11 is 0. The molecule has 6 heteroatoms. The summed E-state index contributed by atoms with van der Waals surface area (Å²) in [7, 11) is 0. The minimum Gasteiger partial charge on any atom is -0.507 e. The van der Waals surface area contributed by atoms with Gasteiger partial charge < -0.3 is 10.8 Å². The molecule has 0 aliphatic rings. The molecule has 0 saturated carbocycles. The van der Waals surface area contributed by atoms with Crippen LogP contribution in [0.3, 0.4) is 0 Å². The molecular formula is C8H7FN2O3. The molecule has 0 spiro atoms. The van der Waals surface area contributed by atoms with E-state index >= 15 is 0 Å². The lowest BCUT2D eigenvalue weighted by Crippen LogP contribution is -2.34. The Labute approximate surface area is 78.3 Å². The van der Waals surface area contributed by atoms with E-state index < -0.39 is 23.5 Å². The van der Waals surface area contributed by atoms with Crippen molar-refractivity contribution in [1.29, 1.82) is 0 Å². The molecule has 3 amide bonds. The number of phenols is 1. The van der Waals surface area contributed by atoms with Crippen molar-refractivity contribution in [2.45, 2.75) is 0 Å². The van der Waals surface area contributed by atoms with Gasteiger partial charge in [-0.1, -0.05) is 0 Å². The Balaban J connectivity index is 2.96. The topological polar surface area (TPSA) is 92.4 Å². The molecule has 0 fully saturated rings. The Morgan fingerprint density at radius 1 is 1.43 bits per heavy atom. The zero-order chi connectivity index (χ0) is 10.7. The van der Waals surface area contributed by atoms with E-state index in [0.29, 0.717) is 0 Å². The van der Waals surface area contributed by atoms with Crippen molar-refractivity contribution in [2.75, 3.05) is 0 Å². The zero-order valence-corrected chi connectivity index (χ0v) is 6.95. The van der Waals surface area contributed by atoms with Gasteiger partial charge in [0.25, 0.3) is 5.91 Å². The van der Waals surface area contributed by atoms with Gasteiger partial charge in [0, 0.05) is 6.07 Å². The Morgan fingerprint density at radius 3 is 2.57 bits per heavy atom. The number of benzene rings is 1. The summed E-state index contributed by atoms with van der Waals surface area (Å²) < 4.78 is 12.5. The van der Waals surface area contributed by atoms with Crippen LogP contribution in [0.5, 0.6) is 5.75 Å². The van der Waals surface area contributed by atoms with Gasteiger partial charge in [-0.25, -0.2) is 9.18 Å². The number of hydrogen-bond acceptors (Lipinski definition) is 3. The van der Waals surface area contributed by atoms with E-state index in [1.807, 2.05) is 0 Å². The number of nitrogens with one attached hydrogen (secondary N) is 1. The van der Waals surface area contributed by atoms with E-state index in [0.717, 1.165) is 18.2 Å². The molecule has 0 bridgehead atoms. The average molecular weight is 198 g/mol. The predicted octanol–water partition coefficient (Wildman–Crippen LogP) is 0.340. The summed E-state index contributed by atoms with van der Waals surface area (Å²) in [5, 5.41) is 10.9. The molecule has 74 valence electrons. The highest BCUT2D eigenvalue weighted by atomic mass is 19.1. The maximum absolute atomic E-state index is 12.5. The minimum absolute atomic E-state index is 0.217. The normalized spacial score (nSPS) is 9.50. The van der Waals surface area contributed by atoms with Crippen LogP contribution >= 0.6 is 0 Å². The fourth-order valence-electron chi connectivity index (χ4n) is 0.876. The summed E-state index contributed by atoms with van der Waals surface area (Å²) in [6, 6.07) is 1.74. The van der Waals surface area contributed by atoms with Crippen LogP contribution in [-0.4, -0.2) is 17.0 Å². The second-order valence-electron chi connectivity index (χ2n) is 2.48. The van der Waals surface area contributed by atoms with Crippen LogP contribution in [0.25, 0.3) is 0 Å². The van der Waals surface area contributed by atoms with Gasteiger partial charge in [0.05, 0.1) is 5.56 Å². The third-order valence-electron chi connectivity index (χ3n) is 1.44. The number of primary amides is 1. The fourth-order valence-corrected chi connectivity index (χ4v) is 0.876. The lowest BCUT2D eigenvalue weighted by Gasteiger charge is -2.02. The number of imide groups is 1. The molecule has 0 saturated heterocycles. The van der Waals surface area contributed by atoms with Crippen molar-refractivity contribution in [2.24, 2.45) is 5.73 Å². The summed E-state index contributed by atoms with van der Waals surface area (Å²) in [6.07, 6.45) is 0. The van der Waals surface area contributed by atoms with Gasteiger partial charge in [-0.3, -0.25) is 10.1 Å². The maximum Gasteiger partial charge on any atom is 0.319 e. The lowest BCUT2D eigenvalue weighted by molar-refractivity contribution is 0.0963. The summed E-state index contributed by atoms with van der Waals surface area (Å²) in [5.41, 5.74) is 4.47. The highest BCUT2D eigenvalue weighted by Crippen LogP contribution is 2.17. The Morgan fingerprint density at radius 2 is 2.07 bits per heavy atom. The van der Waals surface area contributed by atoms with Crippen LogP contribution in [0.2, 0.25) is 0 Å². The number of urea groups is 1. The maximum atomic E-state index is 12.5. The Kier molecular flexibility index (Phi) is 2.66. The van der Waals surface area contributed by atoms with E-state index in [1.54, 1.807) is 5.32 Å². The van der Waals surface area contributed by atoms with Crippen molar-refractivity contribution in [3.8, 4) is 5.75 Å². The molecule has 0 atom stereocenters. The summed E-state index contributed by atoms with van der Waals surface area (Å²) in [5.74, 6) is -2.11. The fraction of sp³-hybridized carbons (Fsp3) is 0. The van der Waals surface area contributed by atoms with Gasteiger partial charge >= 0.3 is 6.03 Å². The standard InChI is InChI=1S/C8H7FN2O3/c9-4-1-2-5(6(12)3-4)7(13)11-8(10)14/h1-3,12H,(H3,10,11,13,14). The number of aromatic hydroxyl groups is 1. The molecule has 0 aromatic heterocycles. The summed E-state index contributed by atoms with van der Waals surface area (Å²) in [6.45, 7) is 0. The van der Waals surface area contributed by atoms with Gasteiger partial charge in [0.1, 0.15) is 11.6 Å². The van der Waals surface area contributed by atoms with Gasteiger partial charge in [0.2, 0.25) is 0 Å². The van der Waals surface area contributed by atoms with Gasteiger partial charge in [-0.15, -0.1) is 0 Å². The molecule has 5 nitrogen and oxygen atoms in total. The van der Waals surface area contributed by atoms with Crippen LogP contribution in [0.4, 0.5) is 9.18 Å². The number of halogens is 1. The quantitative estimate of drug-likeness (QED) is 0.607. The molecular weight excluding hydrogens is 191 g/mol. The molecule has 4 N–H and O–H groups in total. The van der Waals surface area contributed by atoms with E-state index in [1.165, 1.54) is 0 Å². The first-order chi connectivity index (χ1) is 6.50. The first kappa shape index (κ1) is 9.97. The SMILES string of the molecule is NC(=O)NC(=O)c1ccc(F)cc1O. The smallest absolute Gasteiger partial charge is 0.319 e. The number of amides is 3. The van der Waals surface area contributed by atoms with Crippen LogP contribution in [-0.2, 0) is 0 Å². The minimum atomic E-state index is -1.04. The van der Waals surface area contributed by atoms with Crippen molar-refractivity contribution < 1.29 is 19.1 Å². The van der Waals surface area contributed by atoms with Crippen molar-refractivity contribution >= 4 is 11.9 Å². The number of nitrogens with two attached hydrogens (primary N) is 1. The molecule has 0 radical (unpaired) electrons. The van der Waals surface area contributed by atoms with Crippen LogP contribution in [0, 0.1) is 5.82 Å². The average Bonchev–Trinajstić information content (AvgIpc) is 2.01. The van der Waals surface area contributed by atoms with E-state index in [-0.39, 0.29) is 5.56 Å². The number of hydrogen-bond donors (Lipinski definition) is 3. The largest absolute Gasteiger partial charge is 0.507 e. The molecule has 0 unspecified atom stereocenters. The number of carbonyl (C=O) groups excluding carboxylic acids is 2. The highest BCUT2D eigenvalue weighted by Gasteiger charge is 2.12. The van der Waals surface area contributed by atoms with E-state index in [2.05, 4.69) is 5.73 Å². The molecule has 1 aromatic carbocycles. The first-order valence-electron chi connectivity index (χ1n) is 3.60. The first-order valence-corrected chi connectivity index (χ1v) is 3.60. The molecule has 1 aromatic rings. The highest BCUT2D eigenvalue weighted by molar-refractivity contribution is 6.05. The number of rotatable bonds is 1. The van der Waals surface area contributed by atoms with Crippen LogP contribution < -0.4 is 11.1 Å². The zero-order valence-electron chi connectivity index (χ0n) is 6.95. The monoisotopic (exact) mass is 198 g/mol. The predicted molar refractivity (Wildman–Crippen MR) is 45.1 cm³/mol. The van der Waals surface area contributed by atoms with Crippen molar-refractivity contribution in [3.05, 3.63) is 29.6 Å². The second-order valence-corrected chi connectivity index (χ2v) is 2.48. The molecule has 14 heavy (non-hydrogen) atoms. The van der Waals surface area contributed by atoms with E-state index in [9.17, 15) is 14.0 Å². The lowest BCUT2D eigenvalue weighted by atomic mass is 10.2. The second kappa shape index (κ2) is 3.73. The van der Waals surface area contributed by atoms with Crippen molar-refractivity contribution in [3.63, 3.8) is 0 Å². The molecule has 0 aliphatic heterocycles. The Bertz CT molecular complexity index is 392. The molecule has 0 aliphatic carbocycles. The third-order valence-corrected chi connectivity index (χ3v) is 1.44. The summed E-state index contributed by atoms with van der Waals surface area (Å²) in [4.78, 5) is 21.4. The van der Waals surface area contributed by atoms with Crippen LogP contribution in [0.15, 0.2) is 18.2 Å². The van der Waals surface area contributed by atoms with Crippen molar-refractivity contribution in [1.82, 2.24) is 5.32 Å². The van der Waals surface area contributed by atoms with Gasteiger partial charge in [-0.2, -0.15) is 0 Å². The van der Waals surface area contributed by atoms with Crippen LogP contribution in [0.1, 0.15) is 10.4 Å². The number of carbonyl (C=O) groups is 2. The third kappa shape index (κ3) is 2.19. The molecule has 0 heterocycles.